The Bertz CT molecular complexity index is 872. The van der Waals surface area contributed by atoms with Crippen LogP contribution in [0.25, 0.3) is 0 Å². The van der Waals surface area contributed by atoms with E-state index in [2.05, 4.69) is 4.90 Å². The fourth-order valence-corrected chi connectivity index (χ4v) is 3.16. The highest BCUT2D eigenvalue weighted by atomic mass is 16.6. The van der Waals surface area contributed by atoms with Gasteiger partial charge in [-0.15, -0.1) is 0 Å². The fourth-order valence-electron chi connectivity index (χ4n) is 3.16. The van der Waals surface area contributed by atoms with Crippen molar-refractivity contribution in [2.45, 2.75) is 13.3 Å². The average molecular weight is 397 g/mol. The maximum Gasteiger partial charge on any atom is 0.310 e. The summed E-state index contributed by atoms with van der Waals surface area (Å²) in [6.45, 7) is 3.95. The first kappa shape index (κ1) is 20.3. The number of esters is 1. The first-order valence-corrected chi connectivity index (χ1v) is 9.41. The fraction of sp³-hybridized carbons (Fsp3) is 0.333. The van der Waals surface area contributed by atoms with Crippen molar-refractivity contribution in [1.82, 2.24) is 4.90 Å². The molecule has 1 fully saturated rings. The Labute approximate surface area is 168 Å². The minimum absolute atomic E-state index is 0.0509. The molecule has 152 valence electrons. The topological polar surface area (TPSA) is 93.0 Å². The number of aryl methyl sites for hydroxylation is 1. The zero-order valence-electron chi connectivity index (χ0n) is 16.2. The van der Waals surface area contributed by atoms with Crippen LogP contribution in [0.3, 0.4) is 0 Å². The number of piperazine rings is 1. The number of carbonyl (C=O) groups is 2. The first-order valence-electron chi connectivity index (χ1n) is 9.41. The molecule has 8 heteroatoms. The van der Waals surface area contributed by atoms with Crippen molar-refractivity contribution in [2.24, 2.45) is 0 Å². The summed E-state index contributed by atoms with van der Waals surface area (Å²) in [4.78, 5) is 38.3. The van der Waals surface area contributed by atoms with Gasteiger partial charge >= 0.3 is 5.97 Å². The lowest BCUT2D eigenvalue weighted by atomic mass is 10.1. The summed E-state index contributed by atoms with van der Waals surface area (Å²) >= 11 is 0. The van der Waals surface area contributed by atoms with Crippen LogP contribution in [0, 0.1) is 17.0 Å². The molecule has 2 aromatic carbocycles. The van der Waals surface area contributed by atoms with Crippen molar-refractivity contribution in [1.29, 1.82) is 0 Å². The van der Waals surface area contributed by atoms with Crippen LogP contribution in [-0.2, 0) is 20.7 Å². The number of nitro groups is 1. The van der Waals surface area contributed by atoms with Gasteiger partial charge in [-0.2, -0.15) is 0 Å². The summed E-state index contributed by atoms with van der Waals surface area (Å²) in [5, 5.41) is 10.7. The molecule has 1 aliphatic heterocycles. The second kappa shape index (κ2) is 9.18. The van der Waals surface area contributed by atoms with Crippen LogP contribution in [0.4, 0.5) is 11.4 Å². The summed E-state index contributed by atoms with van der Waals surface area (Å²) in [5.41, 5.74) is 2.90. The molecule has 0 spiro atoms. The number of hydrogen-bond donors (Lipinski definition) is 0. The lowest BCUT2D eigenvalue weighted by molar-refractivity contribution is -0.384. The molecule has 1 aliphatic rings. The average Bonchev–Trinajstić information content (AvgIpc) is 2.74. The van der Waals surface area contributed by atoms with Gasteiger partial charge in [-0.05, 0) is 24.6 Å². The third-order valence-corrected chi connectivity index (χ3v) is 4.88. The van der Waals surface area contributed by atoms with E-state index in [0.29, 0.717) is 26.2 Å². The third kappa shape index (κ3) is 5.54. The van der Waals surface area contributed by atoms with Crippen molar-refractivity contribution < 1.29 is 19.2 Å². The van der Waals surface area contributed by atoms with Crippen LogP contribution in [0.5, 0.6) is 0 Å². The molecule has 2 aromatic rings. The number of benzene rings is 2. The van der Waals surface area contributed by atoms with E-state index in [9.17, 15) is 19.7 Å². The van der Waals surface area contributed by atoms with E-state index in [4.69, 9.17) is 4.74 Å². The van der Waals surface area contributed by atoms with Gasteiger partial charge in [-0.25, -0.2) is 0 Å². The maximum absolute atomic E-state index is 12.3. The first-order chi connectivity index (χ1) is 13.9. The predicted octanol–water partition coefficient (Wildman–Crippen LogP) is 2.34. The molecule has 8 nitrogen and oxygen atoms in total. The van der Waals surface area contributed by atoms with Crippen molar-refractivity contribution in [3.63, 3.8) is 0 Å². The van der Waals surface area contributed by atoms with E-state index in [1.54, 1.807) is 17.0 Å². The second-order valence-electron chi connectivity index (χ2n) is 6.96. The molecule has 0 aromatic heterocycles. The van der Waals surface area contributed by atoms with Crippen LogP contribution >= 0.6 is 0 Å². The molecule has 1 heterocycles. The molecule has 0 saturated carbocycles. The highest BCUT2D eigenvalue weighted by Gasteiger charge is 2.22. The summed E-state index contributed by atoms with van der Waals surface area (Å²) in [6.07, 6.45) is 0.140. The van der Waals surface area contributed by atoms with Gasteiger partial charge in [0.05, 0.1) is 11.3 Å². The molecule has 0 radical (unpaired) electrons. The highest BCUT2D eigenvalue weighted by Crippen LogP contribution is 2.20. The van der Waals surface area contributed by atoms with Crippen molar-refractivity contribution in [3.05, 3.63) is 69.8 Å². The molecule has 3 rings (SSSR count). The summed E-state index contributed by atoms with van der Waals surface area (Å²) in [5.74, 6) is -0.641. The van der Waals surface area contributed by atoms with Crippen LogP contribution in [0.2, 0.25) is 0 Å². The van der Waals surface area contributed by atoms with E-state index in [-0.39, 0.29) is 24.6 Å². The number of ether oxygens (including phenoxy) is 1. The molecular formula is C21H23N3O5. The predicted molar refractivity (Wildman–Crippen MR) is 108 cm³/mol. The molecule has 0 atom stereocenters. The number of amides is 1. The van der Waals surface area contributed by atoms with Gasteiger partial charge in [0, 0.05) is 44.0 Å². The molecule has 1 amide bonds. The molecule has 0 unspecified atom stereocenters. The van der Waals surface area contributed by atoms with E-state index in [0.717, 1.165) is 16.8 Å². The second-order valence-corrected chi connectivity index (χ2v) is 6.96. The van der Waals surface area contributed by atoms with Gasteiger partial charge in [-0.3, -0.25) is 19.7 Å². The molecule has 1 saturated heterocycles. The highest BCUT2D eigenvalue weighted by molar-refractivity contribution is 5.81. The summed E-state index contributed by atoms with van der Waals surface area (Å²) < 4.78 is 5.13. The van der Waals surface area contributed by atoms with E-state index in [1.807, 2.05) is 31.2 Å². The molecule has 0 N–H and O–H groups in total. The smallest absolute Gasteiger partial charge is 0.310 e. The Balaban J connectivity index is 1.43. The number of non-ortho nitro benzene ring substituents is 1. The Morgan fingerprint density at radius 1 is 1.00 bits per heavy atom. The Kier molecular flexibility index (Phi) is 6.43. The van der Waals surface area contributed by atoms with Crippen LogP contribution in [0.1, 0.15) is 11.1 Å². The lowest BCUT2D eigenvalue weighted by Gasteiger charge is -2.36. The Morgan fingerprint density at radius 3 is 2.21 bits per heavy atom. The summed E-state index contributed by atoms with van der Waals surface area (Å²) in [7, 11) is 0. The standard InChI is InChI=1S/C21H23N3O5/c1-16-2-4-17(5-3-16)14-21(26)29-15-20(25)23-12-10-22(11-13-23)18-6-8-19(9-7-18)24(27)28/h2-9H,10-15H2,1H3. The third-order valence-electron chi connectivity index (χ3n) is 4.88. The number of nitrogens with zero attached hydrogens (tertiary/aromatic N) is 3. The largest absolute Gasteiger partial charge is 0.455 e. The van der Waals surface area contributed by atoms with Crippen molar-refractivity contribution in [3.8, 4) is 0 Å². The van der Waals surface area contributed by atoms with Gasteiger partial charge < -0.3 is 14.5 Å². The van der Waals surface area contributed by atoms with Gasteiger partial charge in [0.1, 0.15) is 0 Å². The zero-order chi connectivity index (χ0) is 20.8. The zero-order valence-corrected chi connectivity index (χ0v) is 16.2. The van der Waals surface area contributed by atoms with Gasteiger partial charge in [-0.1, -0.05) is 29.8 Å². The van der Waals surface area contributed by atoms with E-state index >= 15 is 0 Å². The Morgan fingerprint density at radius 2 is 1.62 bits per heavy atom. The van der Waals surface area contributed by atoms with Crippen LogP contribution in [-0.4, -0.2) is 54.5 Å². The molecular weight excluding hydrogens is 374 g/mol. The number of rotatable bonds is 6. The Hall–Kier alpha value is -3.42. The van der Waals surface area contributed by atoms with E-state index < -0.39 is 10.9 Å². The number of carbonyl (C=O) groups excluding carboxylic acids is 2. The normalized spacial score (nSPS) is 13.8. The monoisotopic (exact) mass is 397 g/mol. The van der Waals surface area contributed by atoms with Crippen LogP contribution in [0.15, 0.2) is 48.5 Å². The van der Waals surface area contributed by atoms with E-state index in [1.165, 1.54) is 12.1 Å². The van der Waals surface area contributed by atoms with Gasteiger partial charge in [0.25, 0.3) is 11.6 Å². The molecule has 0 aliphatic carbocycles. The minimum Gasteiger partial charge on any atom is -0.455 e. The van der Waals surface area contributed by atoms with Gasteiger partial charge in [0.15, 0.2) is 6.61 Å². The van der Waals surface area contributed by atoms with Crippen LogP contribution < -0.4 is 4.90 Å². The lowest BCUT2D eigenvalue weighted by Crippen LogP contribution is -2.49. The molecule has 0 bridgehead atoms. The number of nitro benzene ring substituents is 1. The number of hydrogen-bond acceptors (Lipinski definition) is 6. The maximum atomic E-state index is 12.3. The quantitative estimate of drug-likeness (QED) is 0.422. The minimum atomic E-state index is -0.430. The van der Waals surface area contributed by atoms with Crippen molar-refractivity contribution >= 4 is 23.3 Å². The van der Waals surface area contributed by atoms with Crippen molar-refractivity contribution in [2.75, 3.05) is 37.7 Å². The van der Waals surface area contributed by atoms with Gasteiger partial charge in [0.2, 0.25) is 0 Å². The number of anilines is 1. The SMILES string of the molecule is Cc1ccc(CC(=O)OCC(=O)N2CCN(c3ccc([N+](=O)[O-])cc3)CC2)cc1. The molecule has 29 heavy (non-hydrogen) atoms. The summed E-state index contributed by atoms with van der Waals surface area (Å²) in [6, 6.07) is 14.0.